The molecule has 0 aliphatic heterocycles. The standard InChI is InChI=1S/C13H10Cl2FNO/c14-9-2-4-12(17)13(5-9)18-7-8-1-3-10(16)6-11(8)15/h1-6H,7,17H2. The monoisotopic (exact) mass is 285 g/mol. The Kier molecular flexibility index (Phi) is 3.94. The van der Waals surface area contributed by atoms with Crippen molar-refractivity contribution in [3.8, 4) is 5.75 Å². The van der Waals surface area contributed by atoms with Gasteiger partial charge in [0.25, 0.3) is 0 Å². The minimum atomic E-state index is -0.383. The highest BCUT2D eigenvalue weighted by Crippen LogP contribution is 2.27. The lowest BCUT2D eigenvalue weighted by Crippen LogP contribution is -1.99. The molecule has 0 saturated carbocycles. The van der Waals surface area contributed by atoms with Gasteiger partial charge in [-0.3, -0.25) is 0 Å². The fourth-order valence-electron chi connectivity index (χ4n) is 1.43. The van der Waals surface area contributed by atoms with Gasteiger partial charge in [0.05, 0.1) is 10.7 Å². The van der Waals surface area contributed by atoms with Gasteiger partial charge in [0.15, 0.2) is 0 Å². The van der Waals surface area contributed by atoms with Gasteiger partial charge in [-0.1, -0.05) is 29.3 Å². The first-order valence-electron chi connectivity index (χ1n) is 5.18. The van der Waals surface area contributed by atoms with Gasteiger partial charge in [-0.25, -0.2) is 4.39 Å². The first-order valence-corrected chi connectivity index (χ1v) is 5.93. The molecule has 0 amide bonds. The zero-order chi connectivity index (χ0) is 13.1. The first-order chi connectivity index (χ1) is 8.56. The zero-order valence-corrected chi connectivity index (χ0v) is 10.8. The summed E-state index contributed by atoms with van der Waals surface area (Å²) in [5, 5.41) is 0.847. The molecule has 2 rings (SSSR count). The predicted octanol–water partition coefficient (Wildman–Crippen LogP) is 4.29. The Morgan fingerprint density at radius 1 is 1.11 bits per heavy atom. The van der Waals surface area contributed by atoms with Crippen LogP contribution in [0.2, 0.25) is 10.0 Å². The molecule has 0 radical (unpaired) electrons. The number of benzene rings is 2. The van der Waals surface area contributed by atoms with E-state index in [4.69, 9.17) is 33.7 Å². The quantitative estimate of drug-likeness (QED) is 0.854. The Morgan fingerprint density at radius 3 is 2.61 bits per heavy atom. The van der Waals surface area contributed by atoms with Gasteiger partial charge in [0, 0.05) is 16.7 Å². The minimum absolute atomic E-state index is 0.198. The Labute approximate surface area is 114 Å². The van der Waals surface area contributed by atoms with Gasteiger partial charge in [-0.2, -0.15) is 0 Å². The molecule has 0 heterocycles. The molecular formula is C13H10Cl2FNO. The van der Waals surface area contributed by atoms with E-state index in [-0.39, 0.29) is 12.4 Å². The number of nitrogens with two attached hydrogens (primary N) is 1. The van der Waals surface area contributed by atoms with E-state index >= 15 is 0 Å². The summed E-state index contributed by atoms with van der Waals surface area (Å²) in [5.74, 6) is 0.0916. The van der Waals surface area contributed by atoms with E-state index in [2.05, 4.69) is 0 Å². The molecule has 2 aromatic carbocycles. The van der Waals surface area contributed by atoms with E-state index < -0.39 is 0 Å². The smallest absolute Gasteiger partial charge is 0.144 e. The molecule has 94 valence electrons. The molecule has 0 saturated heterocycles. The molecule has 5 heteroatoms. The highest BCUT2D eigenvalue weighted by molar-refractivity contribution is 6.31. The lowest BCUT2D eigenvalue weighted by Gasteiger charge is -2.10. The number of ether oxygens (including phenoxy) is 1. The van der Waals surface area contributed by atoms with Crippen molar-refractivity contribution < 1.29 is 9.13 Å². The molecule has 0 atom stereocenters. The van der Waals surface area contributed by atoms with Crippen molar-refractivity contribution in [2.45, 2.75) is 6.61 Å². The fourth-order valence-corrected chi connectivity index (χ4v) is 1.81. The summed E-state index contributed by atoms with van der Waals surface area (Å²) in [6.07, 6.45) is 0. The second kappa shape index (κ2) is 5.46. The SMILES string of the molecule is Nc1ccc(Cl)cc1OCc1ccc(F)cc1Cl. The predicted molar refractivity (Wildman–Crippen MR) is 71.6 cm³/mol. The van der Waals surface area contributed by atoms with Gasteiger partial charge >= 0.3 is 0 Å². The number of anilines is 1. The summed E-state index contributed by atoms with van der Waals surface area (Å²) in [7, 11) is 0. The average molecular weight is 286 g/mol. The van der Waals surface area contributed by atoms with Crippen molar-refractivity contribution in [1.82, 2.24) is 0 Å². The summed E-state index contributed by atoms with van der Waals surface area (Å²) in [4.78, 5) is 0. The third-order valence-corrected chi connectivity index (χ3v) is 2.96. The van der Waals surface area contributed by atoms with Crippen LogP contribution in [0.25, 0.3) is 0 Å². The Bertz CT molecular complexity index is 575. The van der Waals surface area contributed by atoms with Gasteiger partial charge < -0.3 is 10.5 Å². The van der Waals surface area contributed by atoms with Gasteiger partial charge in [-0.15, -0.1) is 0 Å². The molecule has 0 aromatic heterocycles. The molecule has 0 aliphatic carbocycles. The molecule has 0 unspecified atom stereocenters. The average Bonchev–Trinajstić information content (AvgIpc) is 2.32. The van der Waals surface area contributed by atoms with Gasteiger partial charge in [0.2, 0.25) is 0 Å². The maximum Gasteiger partial charge on any atom is 0.144 e. The van der Waals surface area contributed by atoms with Crippen LogP contribution in [0.4, 0.5) is 10.1 Å². The van der Waals surface area contributed by atoms with Crippen LogP contribution in [-0.4, -0.2) is 0 Å². The van der Waals surface area contributed by atoms with E-state index in [1.165, 1.54) is 12.1 Å². The van der Waals surface area contributed by atoms with Crippen molar-refractivity contribution >= 4 is 28.9 Å². The molecule has 2 N–H and O–H groups in total. The Hall–Kier alpha value is -1.45. The molecule has 2 nitrogen and oxygen atoms in total. The molecule has 0 fully saturated rings. The summed E-state index contributed by atoms with van der Waals surface area (Å²) in [6.45, 7) is 0.198. The van der Waals surface area contributed by atoms with E-state index in [9.17, 15) is 4.39 Å². The van der Waals surface area contributed by atoms with Crippen molar-refractivity contribution in [3.05, 3.63) is 57.8 Å². The van der Waals surface area contributed by atoms with Crippen LogP contribution < -0.4 is 10.5 Å². The van der Waals surface area contributed by atoms with Crippen molar-refractivity contribution in [2.24, 2.45) is 0 Å². The largest absolute Gasteiger partial charge is 0.487 e. The highest BCUT2D eigenvalue weighted by atomic mass is 35.5. The van der Waals surface area contributed by atoms with Crippen LogP contribution in [0.1, 0.15) is 5.56 Å². The van der Waals surface area contributed by atoms with E-state index in [1.54, 1.807) is 24.3 Å². The summed E-state index contributed by atoms with van der Waals surface area (Å²) in [5.41, 5.74) is 6.90. The van der Waals surface area contributed by atoms with Crippen LogP contribution in [0, 0.1) is 5.82 Å². The molecule has 0 aliphatic rings. The third-order valence-electron chi connectivity index (χ3n) is 2.37. The lowest BCUT2D eigenvalue weighted by molar-refractivity contribution is 0.308. The van der Waals surface area contributed by atoms with Crippen molar-refractivity contribution in [2.75, 3.05) is 5.73 Å². The fraction of sp³-hybridized carbons (Fsp3) is 0.0769. The van der Waals surface area contributed by atoms with E-state index in [0.717, 1.165) is 0 Å². The van der Waals surface area contributed by atoms with Crippen LogP contribution in [-0.2, 0) is 6.61 Å². The van der Waals surface area contributed by atoms with Crippen LogP contribution in [0.15, 0.2) is 36.4 Å². The van der Waals surface area contributed by atoms with E-state index in [0.29, 0.717) is 27.0 Å². The number of hydrogen-bond donors (Lipinski definition) is 1. The first kappa shape index (κ1) is 13.0. The molecule has 18 heavy (non-hydrogen) atoms. The van der Waals surface area contributed by atoms with Gasteiger partial charge in [0.1, 0.15) is 18.2 Å². The van der Waals surface area contributed by atoms with Crippen LogP contribution >= 0.6 is 23.2 Å². The Morgan fingerprint density at radius 2 is 1.89 bits per heavy atom. The second-order valence-corrected chi connectivity index (χ2v) is 4.55. The maximum absolute atomic E-state index is 12.9. The third kappa shape index (κ3) is 3.06. The number of halogens is 3. The number of hydrogen-bond acceptors (Lipinski definition) is 2. The highest BCUT2D eigenvalue weighted by Gasteiger charge is 2.05. The summed E-state index contributed by atoms with van der Waals surface area (Å²) in [6, 6.07) is 9.08. The molecular weight excluding hydrogens is 276 g/mol. The molecule has 2 aromatic rings. The van der Waals surface area contributed by atoms with Crippen molar-refractivity contribution in [1.29, 1.82) is 0 Å². The van der Waals surface area contributed by atoms with Crippen LogP contribution in [0.5, 0.6) is 5.75 Å². The summed E-state index contributed by atoms with van der Waals surface area (Å²) < 4.78 is 18.4. The zero-order valence-electron chi connectivity index (χ0n) is 9.29. The lowest BCUT2D eigenvalue weighted by atomic mass is 10.2. The van der Waals surface area contributed by atoms with Gasteiger partial charge in [-0.05, 0) is 24.3 Å². The minimum Gasteiger partial charge on any atom is -0.487 e. The Balaban J connectivity index is 2.13. The van der Waals surface area contributed by atoms with E-state index in [1.807, 2.05) is 0 Å². The maximum atomic E-state index is 12.9. The molecule has 0 spiro atoms. The van der Waals surface area contributed by atoms with Crippen LogP contribution in [0.3, 0.4) is 0 Å². The normalized spacial score (nSPS) is 10.4. The number of rotatable bonds is 3. The number of nitrogen functional groups attached to an aromatic ring is 1. The van der Waals surface area contributed by atoms with Crippen molar-refractivity contribution in [3.63, 3.8) is 0 Å². The second-order valence-electron chi connectivity index (χ2n) is 3.71. The summed E-state index contributed by atoms with van der Waals surface area (Å²) >= 11 is 11.7. The molecule has 0 bridgehead atoms. The topological polar surface area (TPSA) is 35.2 Å².